The van der Waals surface area contributed by atoms with Gasteiger partial charge in [-0.05, 0) is 81.0 Å². The zero-order chi connectivity index (χ0) is 25.9. The number of ether oxygens (including phenoxy) is 2. The maximum absolute atomic E-state index is 13.7. The summed E-state index contributed by atoms with van der Waals surface area (Å²) in [5.41, 5.74) is 4.48. The fraction of sp³-hybridized carbons (Fsp3) is 0.310. The molecule has 2 aromatic carbocycles. The SMILES string of the molecule is CCOC(=O)c1cc(C(F)(F)F)cc(C2=C(c3cc(C)ccc3OCc3ccc(C)cc3)CCC2)n1. The molecule has 7 heteroatoms. The summed E-state index contributed by atoms with van der Waals surface area (Å²) in [5, 5.41) is 0. The van der Waals surface area contributed by atoms with Crippen LogP contribution in [0.3, 0.4) is 0 Å². The number of carbonyl (C=O) groups excluding carboxylic acids is 1. The molecule has 36 heavy (non-hydrogen) atoms. The van der Waals surface area contributed by atoms with Crippen molar-refractivity contribution in [2.45, 2.75) is 52.8 Å². The normalized spacial score (nSPS) is 13.7. The first-order valence-electron chi connectivity index (χ1n) is 11.9. The van der Waals surface area contributed by atoms with Gasteiger partial charge in [0, 0.05) is 5.56 Å². The number of aromatic nitrogens is 1. The molecule has 1 heterocycles. The van der Waals surface area contributed by atoms with Gasteiger partial charge < -0.3 is 9.47 Å². The van der Waals surface area contributed by atoms with Crippen LogP contribution in [-0.4, -0.2) is 17.6 Å². The lowest BCUT2D eigenvalue weighted by Gasteiger charge is -2.16. The molecule has 0 unspecified atom stereocenters. The Morgan fingerprint density at radius 2 is 1.64 bits per heavy atom. The Morgan fingerprint density at radius 1 is 0.944 bits per heavy atom. The number of halogens is 3. The monoisotopic (exact) mass is 495 g/mol. The van der Waals surface area contributed by atoms with E-state index in [0.717, 1.165) is 46.4 Å². The number of benzene rings is 2. The highest BCUT2D eigenvalue weighted by Crippen LogP contribution is 2.44. The minimum Gasteiger partial charge on any atom is -0.488 e. The molecule has 0 spiro atoms. The highest BCUT2D eigenvalue weighted by molar-refractivity contribution is 5.95. The summed E-state index contributed by atoms with van der Waals surface area (Å²) < 4.78 is 52.2. The molecule has 0 saturated carbocycles. The molecule has 4 rings (SSSR count). The lowest BCUT2D eigenvalue weighted by atomic mass is 9.96. The number of pyridine rings is 1. The molecule has 0 atom stereocenters. The van der Waals surface area contributed by atoms with E-state index in [2.05, 4.69) is 4.98 Å². The van der Waals surface area contributed by atoms with E-state index in [9.17, 15) is 18.0 Å². The van der Waals surface area contributed by atoms with Gasteiger partial charge in [0.15, 0.2) is 0 Å². The number of hydrogen-bond acceptors (Lipinski definition) is 4. The predicted molar refractivity (Wildman–Crippen MR) is 133 cm³/mol. The third-order valence-corrected chi connectivity index (χ3v) is 6.14. The second-order valence-electron chi connectivity index (χ2n) is 8.93. The van der Waals surface area contributed by atoms with Gasteiger partial charge in [-0.1, -0.05) is 41.5 Å². The van der Waals surface area contributed by atoms with E-state index in [1.54, 1.807) is 6.92 Å². The first-order chi connectivity index (χ1) is 17.2. The summed E-state index contributed by atoms with van der Waals surface area (Å²) in [6, 6.07) is 15.7. The summed E-state index contributed by atoms with van der Waals surface area (Å²) >= 11 is 0. The average Bonchev–Trinajstić information content (AvgIpc) is 3.33. The lowest BCUT2D eigenvalue weighted by Crippen LogP contribution is -2.13. The third kappa shape index (κ3) is 5.78. The molecule has 0 amide bonds. The van der Waals surface area contributed by atoms with Crippen LogP contribution in [0.1, 0.15) is 70.2 Å². The largest absolute Gasteiger partial charge is 0.488 e. The number of alkyl halides is 3. The van der Waals surface area contributed by atoms with Crippen molar-refractivity contribution in [3.05, 3.63) is 93.8 Å². The van der Waals surface area contributed by atoms with E-state index in [1.165, 1.54) is 0 Å². The van der Waals surface area contributed by atoms with Crippen molar-refractivity contribution < 1.29 is 27.4 Å². The molecule has 0 N–H and O–H groups in total. The van der Waals surface area contributed by atoms with Crippen molar-refractivity contribution in [3.8, 4) is 5.75 Å². The van der Waals surface area contributed by atoms with E-state index in [0.29, 0.717) is 30.8 Å². The Morgan fingerprint density at radius 3 is 2.33 bits per heavy atom. The Kier molecular flexibility index (Phi) is 7.48. The van der Waals surface area contributed by atoms with Crippen LogP contribution >= 0.6 is 0 Å². The Balaban J connectivity index is 1.77. The summed E-state index contributed by atoms with van der Waals surface area (Å²) in [6.45, 7) is 5.99. The second kappa shape index (κ2) is 10.6. The van der Waals surface area contributed by atoms with Gasteiger partial charge in [-0.15, -0.1) is 0 Å². The van der Waals surface area contributed by atoms with Crippen LogP contribution in [0.5, 0.6) is 5.75 Å². The number of hydrogen-bond donors (Lipinski definition) is 0. The van der Waals surface area contributed by atoms with Crippen LogP contribution in [0, 0.1) is 13.8 Å². The second-order valence-corrected chi connectivity index (χ2v) is 8.93. The molecule has 0 fully saturated rings. The molecule has 3 aromatic rings. The molecule has 1 aromatic heterocycles. The van der Waals surface area contributed by atoms with Crippen molar-refractivity contribution in [2.24, 2.45) is 0 Å². The van der Waals surface area contributed by atoms with E-state index >= 15 is 0 Å². The summed E-state index contributed by atoms with van der Waals surface area (Å²) in [7, 11) is 0. The number of carbonyl (C=O) groups is 1. The first kappa shape index (κ1) is 25.5. The summed E-state index contributed by atoms with van der Waals surface area (Å²) in [5.74, 6) is -0.212. The number of rotatable bonds is 7. The molecular formula is C29H28F3NO3. The highest BCUT2D eigenvalue weighted by atomic mass is 19.4. The van der Waals surface area contributed by atoms with Crippen molar-refractivity contribution in [3.63, 3.8) is 0 Å². The molecule has 0 aliphatic heterocycles. The minimum atomic E-state index is -4.62. The van der Waals surface area contributed by atoms with Crippen LogP contribution in [0.2, 0.25) is 0 Å². The molecule has 1 aliphatic carbocycles. The number of aryl methyl sites for hydroxylation is 2. The average molecular weight is 496 g/mol. The van der Waals surface area contributed by atoms with E-state index < -0.39 is 17.7 Å². The molecule has 0 bridgehead atoms. The Hall–Kier alpha value is -3.61. The third-order valence-electron chi connectivity index (χ3n) is 6.14. The standard InChI is InChI=1S/C29H28F3NO3/c1-4-35-28(34)26-16-21(29(30,31)32)15-25(33-26)23-7-5-6-22(23)24-14-19(3)10-13-27(24)36-17-20-11-8-18(2)9-12-20/h8-16H,4-7,17H2,1-3H3. The fourth-order valence-corrected chi connectivity index (χ4v) is 4.33. The maximum Gasteiger partial charge on any atom is 0.416 e. The van der Waals surface area contributed by atoms with Gasteiger partial charge >= 0.3 is 12.1 Å². The number of esters is 1. The van der Waals surface area contributed by atoms with Crippen molar-refractivity contribution >= 4 is 17.1 Å². The molecule has 188 valence electrons. The van der Waals surface area contributed by atoms with Crippen LogP contribution in [0.15, 0.2) is 54.6 Å². The number of allylic oxidation sites excluding steroid dienone is 2. The van der Waals surface area contributed by atoms with Crippen LogP contribution in [0.4, 0.5) is 13.2 Å². The van der Waals surface area contributed by atoms with Crippen molar-refractivity contribution in [1.82, 2.24) is 4.98 Å². The van der Waals surface area contributed by atoms with Crippen LogP contribution < -0.4 is 4.74 Å². The van der Waals surface area contributed by atoms with Gasteiger partial charge in [0.1, 0.15) is 18.1 Å². The lowest BCUT2D eigenvalue weighted by molar-refractivity contribution is -0.137. The quantitative estimate of drug-likeness (QED) is 0.317. The fourth-order valence-electron chi connectivity index (χ4n) is 4.33. The van der Waals surface area contributed by atoms with Crippen LogP contribution in [-0.2, 0) is 17.5 Å². The molecule has 4 nitrogen and oxygen atoms in total. The predicted octanol–water partition coefficient (Wildman–Crippen LogP) is 7.57. The summed E-state index contributed by atoms with van der Waals surface area (Å²) in [6.07, 6.45) is -2.63. The Labute approximate surface area is 208 Å². The van der Waals surface area contributed by atoms with Gasteiger partial charge in [0.05, 0.1) is 17.9 Å². The van der Waals surface area contributed by atoms with E-state index in [-0.39, 0.29) is 18.0 Å². The van der Waals surface area contributed by atoms with Crippen LogP contribution in [0.25, 0.3) is 11.1 Å². The van der Waals surface area contributed by atoms with Gasteiger partial charge in [0.25, 0.3) is 0 Å². The molecular weight excluding hydrogens is 467 g/mol. The van der Waals surface area contributed by atoms with Crippen molar-refractivity contribution in [1.29, 1.82) is 0 Å². The van der Waals surface area contributed by atoms with Crippen molar-refractivity contribution in [2.75, 3.05) is 6.61 Å². The number of nitrogens with zero attached hydrogens (tertiary/aromatic N) is 1. The van der Waals surface area contributed by atoms with E-state index in [1.807, 2.05) is 56.3 Å². The van der Waals surface area contributed by atoms with E-state index in [4.69, 9.17) is 9.47 Å². The summed E-state index contributed by atoms with van der Waals surface area (Å²) in [4.78, 5) is 16.6. The van der Waals surface area contributed by atoms with Gasteiger partial charge in [-0.25, -0.2) is 9.78 Å². The zero-order valence-electron chi connectivity index (χ0n) is 20.5. The first-order valence-corrected chi connectivity index (χ1v) is 11.9. The molecule has 0 radical (unpaired) electrons. The molecule has 0 saturated heterocycles. The van der Waals surface area contributed by atoms with Gasteiger partial charge in [-0.3, -0.25) is 0 Å². The highest BCUT2D eigenvalue weighted by Gasteiger charge is 2.33. The zero-order valence-corrected chi connectivity index (χ0v) is 20.5. The topological polar surface area (TPSA) is 48.4 Å². The van der Waals surface area contributed by atoms with Gasteiger partial charge in [0.2, 0.25) is 0 Å². The molecule has 1 aliphatic rings. The Bertz CT molecular complexity index is 1290. The minimum absolute atomic E-state index is 0.0466. The smallest absolute Gasteiger partial charge is 0.416 e. The maximum atomic E-state index is 13.7. The van der Waals surface area contributed by atoms with Gasteiger partial charge in [-0.2, -0.15) is 13.2 Å².